The van der Waals surface area contributed by atoms with Crippen LogP contribution < -0.4 is 5.32 Å². The van der Waals surface area contributed by atoms with Crippen LogP contribution in [0.2, 0.25) is 0 Å². The van der Waals surface area contributed by atoms with Gasteiger partial charge in [0.25, 0.3) is 0 Å². The number of nitrogens with one attached hydrogen (secondary N) is 1. The van der Waals surface area contributed by atoms with Gasteiger partial charge in [0.2, 0.25) is 0 Å². The molecule has 1 rings (SSSR count). The number of rotatable bonds is 7. The molecule has 0 radical (unpaired) electrons. The number of hydrogen-bond acceptors (Lipinski definition) is 5. The highest BCUT2D eigenvalue weighted by molar-refractivity contribution is 5.80. The number of carbonyl (C=O) groups is 1. The first-order valence-electron chi connectivity index (χ1n) is 6.67. The molecule has 1 aliphatic rings. The van der Waals surface area contributed by atoms with Gasteiger partial charge in [0.05, 0.1) is 13.2 Å². The highest BCUT2D eigenvalue weighted by Crippen LogP contribution is 2.15. The maximum absolute atomic E-state index is 11.8. The van der Waals surface area contributed by atoms with Gasteiger partial charge in [-0.1, -0.05) is 6.92 Å². The van der Waals surface area contributed by atoms with Gasteiger partial charge >= 0.3 is 5.97 Å². The molecule has 1 N–H and O–H groups in total. The van der Waals surface area contributed by atoms with Crippen LogP contribution in [0.15, 0.2) is 0 Å². The van der Waals surface area contributed by atoms with Crippen LogP contribution in [-0.2, 0) is 14.3 Å². The van der Waals surface area contributed by atoms with E-state index in [2.05, 4.69) is 17.1 Å². The number of methoxy groups -OCH3 is 1. The third-order valence-corrected chi connectivity index (χ3v) is 3.66. The average Bonchev–Trinajstić information content (AvgIpc) is 2.89. The first-order chi connectivity index (χ1) is 8.55. The molecule has 1 saturated heterocycles. The van der Waals surface area contributed by atoms with E-state index in [9.17, 15) is 4.79 Å². The molecule has 0 saturated carbocycles. The normalized spacial score (nSPS) is 23.1. The molecule has 0 amide bonds. The minimum absolute atomic E-state index is 0.226. The summed E-state index contributed by atoms with van der Waals surface area (Å²) in [5.74, 6) is -0.226. The van der Waals surface area contributed by atoms with Gasteiger partial charge in [-0.05, 0) is 33.4 Å². The summed E-state index contributed by atoms with van der Waals surface area (Å²) in [6.45, 7) is 7.24. The summed E-state index contributed by atoms with van der Waals surface area (Å²) < 4.78 is 10.5. The van der Waals surface area contributed by atoms with E-state index < -0.39 is 5.54 Å². The molecule has 2 atom stereocenters. The second-order valence-electron chi connectivity index (χ2n) is 5.04. The molecule has 5 heteroatoms. The highest BCUT2D eigenvalue weighted by atomic mass is 16.5. The molecule has 0 aliphatic carbocycles. The predicted molar refractivity (Wildman–Crippen MR) is 70.6 cm³/mol. The smallest absolute Gasteiger partial charge is 0.327 e. The van der Waals surface area contributed by atoms with Crippen molar-refractivity contribution in [3.05, 3.63) is 0 Å². The number of carbonyl (C=O) groups excluding carboxylic acids is 1. The zero-order chi connectivity index (χ0) is 13.6. The fraction of sp³-hybridized carbons (Fsp3) is 0.923. The van der Waals surface area contributed by atoms with Crippen molar-refractivity contribution in [1.82, 2.24) is 10.2 Å². The second-order valence-corrected chi connectivity index (χ2v) is 5.04. The van der Waals surface area contributed by atoms with Crippen LogP contribution in [0, 0.1) is 0 Å². The van der Waals surface area contributed by atoms with Crippen LogP contribution in [0.1, 0.15) is 26.7 Å². The van der Waals surface area contributed by atoms with Crippen molar-refractivity contribution in [1.29, 1.82) is 0 Å². The lowest BCUT2D eigenvalue weighted by Crippen LogP contribution is -2.56. The Morgan fingerprint density at radius 1 is 1.61 bits per heavy atom. The Balaban J connectivity index is 2.56. The van der Waals surface area contributed by atoms with E-state index in [1.54, 1.807) is 7.05 Å². The van der Waals surface area contributed by atoms with Crippen molar-refractivity contribution in [3.8, 4) is 0 Å². The Bertz CT molecular complexity index is 267. The van der Waals surface area contributed by atoms with Gasteiger partial charge in [0, 0.05) is 19.7 Å². The van der Waals surface area contributed by atoms with Gasteiger partial charge in [0.15, 0.2) is 0 Å². The van der Waals surface area contributed by atoms with E-state index in [-0.39, 0.29) is 5.97 Å². The zero-order valence-corrected chi connectivity index (χ0v) is 12.0. The van der Waals surface area contributed by atoms with Crippen molar-refractivity contribution in [2.24, 2.45) is 0 Å². The summed E-state index contributed by atoms with van der Waals surface area (Å²) in [5, 5.41) is 3.06. The topological polar surface area (TPSA) is 50.8 Å². The summed E-state index contributed by atoms with van der Waals surface area (Å²) in [7, 11) is 3.21. The Labute approximate surface area is 110 Å². The maximum Gasteiger partial charge on any atom is 0.327 e. The van der Waals surface area contributed by atoms with Crippen molar-refractivity contribution >= 4 is 5.97 Å². The van der Waals surface area contributed by atoms with Crippen LogP contribution in [0.4, 0.5) is 0 Å². The van der Waals surface area contributed by atoms with Crippen molar-refractivity contribution in [3.63, 3.8) is 0 Å². The number of hydrogen-bond donors (Lipinski definition) is 1. The van der Waals surface area contributed by atoms with E-state index in [4.69, 9.17) is 9.47 Å². The zero-order valence-electron chi connectivity index (χ0n) is 12.0. The van der Waals surface area contributed by atoms with Crippen LogP contribution in [-0.4, -0.2) is 62.9 Å². The Kier molecular flexibility index (Phi) is 6.05. The second kappa shape index (κ2) is 7.07. The number of esters is 1. The molecule has 0 aromatic rings. The Hall–Kier alpha value is -0.650. The third-order valence-electron chi connectivity index (χ3n) is 3.66. The molecule has 1 heterocycles. The van der Waals surface area contributed by atoms with Gasteiger partial charge < -0.3 is 14.8 Å². The van der Waals surface area contributed by atoms with Gasteiger partial charge in [-0.25, -0.2) is 0 Å². The van der Waals surface area contributed by atoms with E-state index in [0.29, 0.717) is 12.6 Å². The lowest BCUT2D eigenvalue weighted by Gasteiger charge is -2.33. The molecule has 0 aromatic heterocycles. The monoisotopic (exact) mass is 258 g/mol. The third kappa shape index (κ3) is 3.93. The van der Waals surface area contributed by atoms with Crippen molar-refractivity contribution in [2.45, 2.75) is 38.3 Å². The molecule has 0 spiro atoms. The standard InChI is InChI=1S/C13H26N2O3/c1-5-15(9-11-7-6-8-18-11)10-13(2,14-3)12(16)17-4/h11,14H,5-10H2,1-4H3. The average molecular weight is 258 g/mol. The molecule has 1 fully saturated rings. The van der Waals surface area contributed by atoms with E-state index >= 15 is 0 Å². The molecule has 0 bridgehead atoms. The summed E-state index contributed by atoms with van der Waals surface area (Å²) in [6.07, 6.45) is 2.57. The van der Waals surface area contributed by atoms with Gasteiger partial charge in [-0.2, -0.15) is 0 Å². The highest BCUT2D eigenvalue weighted by Gasteiger charge is 2.35. The van der Waals surface area contributed by atoms with Crippen LogP contribution >= 0.6 is 0 Å². The molecule has 5 nitrogen and oxygen atoms in total. The molecule has 106 valence electrons. The molecular formula is C13H26N2O3. The first-order valence-corrected chi connectivity index (χ1v) is 6.67. The van der Waals surface area contributed by atoms with Gasteiger partial charge in [-0.3, -0.25) is 9.69 Å². The molecule has 0 aromatic carbocycles. The number of likely N-dealkylation sites (N-methyl/N-ethyl adjacent to an activating group) is 2. The van der Waals surface area contributed by atoms with Crippen LogP contribution in [0.25, 0.3) is 0 Å². The van der Waals surface area contributed by atoms with Gasteiger partial charge in [0.1, 0.15) is 5.54 Å². The van der Waals surface area contributed by atoms with Crippen LogP contribution in [0.5, 0.6) is 0 Å². The molecular weight excluding hydrogens is 232 g/mol. The lowest BCUT2D eigenvalue weighted by molar-refractivity contribution is -0.148. The molecule has 1 aliphatic heterocycles. The minimum Gasteiger partial charge on any atom is -0.468 e. The first kappa shape index (κ1) is 15.4. The predicted octanol–water partition coefficient (Wildman–Crippen LogP) is 0.638. The number of ether oxygens (including phenoxy) is 2. The van der Waals surface area contributed by atoms with E-state index in [1.807, 2.05) is 6.92 Å². The fourth-order valence-electron chi connectivity index (χ4n) is 2.30. The van der Waals surface area contributed by atoms with Crippen molar-refractivity contribution < 1.29 is 14.3 Å². The lowest BCUT2D eigenvalue weighted by atomic mass is 10.0. The number of nitrogens with zero attached hydrogens (tertiary/aromatic N) is 1. The summed E-state index contributed by atoms with van der Waals surface area (Å²) in [4.78, 5) is 14.1. The van der Waals surface area contributed by atoms with Crippen molar-refractivity contribution in [2.75, 3.05) is 40.4 Å². The summed E-state index contributed by atoms with van der Waals surface area (Å²) in [6, 6.07) is 0. The van der Waals surface area contributed by atoms with E-state index in [0.717, 1.165) is 32.5 Å². The summed E-state index contributed by atoms with van der Waals surface area (Å²) in [5.41, 5.74) is -0.663. The quantitative estimate of drug-likeness (QED) is 0.679. The van der Waals surface area contributed by atoms with Crippen LogP contribution in [0.3, 0.4) is 0 Å². The SMILES string of the molecule is CCN(CC1CCCO1)CC(C)(NC)C(=O)OC. The molecule has 2 unspecified atom stereocenters. The maximum atomic E-state index is 11.8. The molecule has 18 heavy (non-hydrogen) atoms. The minimum atomic E-state index is -0.663. The Morgan fingerprint density at radius 2 is 2.33 bits per heavy atom. The summed E-state index contributed by atoms with van der Waals surface area (Å²) >= 11 is 0. The fourth-order valence-corrected chi connectivity index (χ4v) is 2.30. The Morgan fingerprint density at radius 3 is 2.78 bits per heavy atom. The van der Waals surface area contributed by atoms with Gasteiger partial charge in [-0.15, -0.1) is 0 Å². The largest absolute Gasteiger partial charge is 0.468 e. The van der Waals surface area contributed by atoms with E-state index in [1.165, 1.54) is 7.11 Å².